The van der Waals surface area contributed by atoms with Gasteiger partial charge in [0.15, 0.2) is 0 Å². The number of rotatable bonds is 6. The molecule has 0 aromatic carbocycles. The van der Waals surface area contributed by atoms with E-state index in [0.717, 1.165) is 0 Å². The molecule has 0 aliphatic heterocycles. The summed E-state index contributed by atoms with van der Waals surface area (Å²) in [5.41, 5.74) is -0.715. The predicted molar refractivity (Wildman–Crippen MR) is 50.6 cm³/mol. The number of amides is 1. The highest BCUT2D eigenvalue weighted by Crippen LogP contribution is 2.13. The van der Waals surface area contributed by atoms with Crippen molar-refractivity contribution in [3.8, 4) is 0 Å². The molecule has 0 spiro atoms. The van der Waals surface area contributed by atoms with Crippen molar-refractivity contribution in [2.75, 3.05) is 27.4 Å². The Balaban J connectivity index is 3.92. The molecule has 13 heavy (non-hydrogen) atoms. The zero-order chi connectivity index (χ0) is 10.3. The maximum absolute atomic E-state index is 11.5. The second-order valence-electron chi connectivity index (χ2n) is 3.04. The van der Waals surface area contributed by atoms with Crippen molar-refractivity contribution in [3.05, 3.63) is 0 Å². The monoisotopic (exact) mass is 189 g/mol. The molecular weight excluding hydrogens is 170 g/mol. The molecule has 1 N–H and O–H groups in total. The Labute approximate surface area is 79.6 Å². The second-order valence-corrected chi connectivity index (χ2v) is 3.04. The molecular formula is C9H19NO3. The molecule has 0 aromatic rings. The van der Waals surface area contributed by atoms with Crippen LogP contribution >= 0.6 is 0 Å². The molecule has 1 unspecified atom stereocenters. The summed E-state index contributed by atoms with van der Waals surface area (Å²) in [7, 11) is 3.14. The van der Waals surface area contributed by atoms with E-state index in [1.807, 2.05) is 6.92 Å². The van der Waals surface area contributed by atoms with Crippen LogP contribution in [-0.2, 0) is 14.3 Å². The van der Waals surface area contributed by atoms with Crippen LogP contribution in [0.1, 0.15) is 20.3 Å². The summed E-state index contributed by atoms with van der Waals surface area (Å²) in [6.45, 7) is 4.73. The summed E-state index contributed by atoms with van der Waals surface area (Å²) >= 11 is 0. The first-order chi connectivity index (χ1) is 6.10. The van der Waals surface area contributed by atoms with E-state index in [9.17, 15) is 4.79 Å². The van der Waals surface area contributed by atoms with Gasteiger partial charge in [0.25, 0.3) is 5.91 Å². The van der Waals surface area contributed by atoms with E-state index in [1.54, 1.807) is 21.1 Å². The van der Waals surface area contributed by atoms with Crippen molar-refractivity contribution in [3.63, 3.8) is 0 Å². The van der Waals surface area contributed by atoms with Crippen molar-refractivity contribution in [2.45, 2.75) is 25.9 Å². The van der Waals surface area contributed by atoms with Gasteiger partial charge in [-0.3, -0.25) is 4.79 Å². The molecule has 0 aliphatic rings. The van der Waals surface area contributed by atoms with Crippen LogP contribution in [0.3, 0.4) is 0 Å². The van der Waals surface area contributed by atoms with Gasteiger partial charge < -0.3 is 14.8 Å². The van der Waals surface area contributed by atoms with Crippen LogP contribution in [0, 0.1) is 0 Å². The Morgan fingerprint density at radius 1 is 1.46 bits per heavy atom. The Bertz CT molecular complexity index is 155. The van der Waals surface area contributed by atoms with E-state index in [4.69, 9.17) is 9.47 Å². The van der Waals surface area contributed by atoms with Gasteiger partial charge in [-0.1, -0.05) is 6.92 Å². The number of hydrogen-bond acceptors (Lipinski definition) is 3. The minimum atomic E-state index is -0.715. The molecule has 0 aromatic heterocycles. The van der Waals surface area contributed by atoms with E-state index >= 15 is 0 Å². The van der Waals surface area contributed by atoms with Crippen LogP contribution in [0.15, 0.2) is 0 Å². The van der Waals surface area contributed by atoms with Crippen LogP contribution in [-0.4, -0.2) is 38.9 Å². The molecule has 0 fully saturated rings. The standard InChI is InChI=1S/C9H19NO3/c1-5-9(2,13-4)8(11)10-6-7-12-3/h5-7H2,1-4H3,(H,10,11). The predicted octanol–water partition coefficient (Wildman–Crippen LogP) is 0.564. The summed E-state index contributed by atoms with van der Waals surface area (Å²) in [6, 6.07) is 0. The Morgan fingerprint density at radius 3 is 2.46 bits per heavy atom. The first-order valence-corrected chi connectivity index (χ1v) is 4.43. The van der Waals surface area contributed by atoms with E-state index in [-0.39, 0.29) is 5.91 Å². The highest BCUT2D eigenvalue weighted by Gasteiger charge is 2.30. The summed E-state index contributed by atoms with van der Waals surface area (Å²) in [6.07, 6.45) is 0.655. The molecule has 0 heterocycles. The fourth-order valence-corrected chi connectivity index (χ4v) is 0.851. The van der Waals surface area contributed by atoms with E-state index < -0.39 is 5.60 Å². The van der Waals surface area contributed by atoms with Crippen molar-refractivity contribution < 1.29 is 14.3 Å². The lowest BCUT2D eigenvalue weighted by Crippen LogP contribution is -2.46. The summed E-state index contributed by atoms with van der Waals surface area (Å²) < 4.78 is 9.94. The first kappa shape index (κ1) is 12.4. The van der Waals surface area contributed by atoms with Gasteiger partial charge in [0.1, 0.15) is 5.60 Å². The summed E-state index contributed by atoms with van der Waals surface area (Å²) in [4.78, 5) is 11.5. The van der Waals surface area contributed by atoms with Crippen LogP contribution in [0.25, 0.3) is 0 Å². The van der Waals surface area contributed by atoms with E-state index in [2.05, 4.69) is 5.32 Å². The molecule has 0 rings (SSSR count). The number of ether oxygens (including phenoxy) is 2. The van der Waals surface area contributed by atoms with Gasteiger partial charge in [-0.15, -0.1) is 0 Å². The normalized spacial score (nSPS) is 15.1. The first-order valence-electron chi connectivity index (χ1n) is 4.43. The SMILES string of the molecule is CCC(C)(OC)C(=O)NCCOC. The lowest BCUT2D eigenvalue weighted by Gasteiger charge is -2.25. The third-order valence-electron chi connectivity index (χ3n) is 2.20. The number of carbonyl (C=O) groups excluding carboxylic acids is 1. The van der Waals surface area contributed by atoms with Crippen molar-refractivity contribution in [1.82, 2.24) is 5.32 Å². The minimum absolute atomic E-state index is 0.0884. The zero-order valence-electron chi connectivity index (χ0n) is 8.85. The Morgan fingerprint density at radius 2 is 2.08 bits per heavy atom. The van der Waals surface area contributed by atoms with Gasteiger partial charge in [0.2, 0.25) is 0 Å². The van der Waals surface area contributed by atoms with Gasteiger partial charge in [0.05, 0.1) is 6.61 Å². The number of nitrogens with one attached hydrogen (secondary N) is 1. The van der Waals surface area contributed by atoms with Crippen LogP contribution in [0.5, 0.6) is 0 Å². The quantitative estimate of drug-likeness (QED) is 0.621. The fraction of sp³-hybridized carbons (Fsp3) is 0.889. The van der Waals surface area contributed by atoms with Gasteiger partial charge in [-0.05, 0) is 13.3 Å². The number of hydrogen-bond donors (Lipinski definition) is 1. The molecule has 0 saturated carbocycles. The lowest BCUT2D eigenvalue weighted by atomic mass is 10.0. The molecule has 1 atom stereocenters. The third-order valence-corrected chi connectivity index (χ3v) is 2.20. The largest absolute Gasteiger partial charge is 0.383 e. The maximum Gasteiger partial charge on any atom is 0.252 e. The van der Waals surface area contributed by atoms with Gasteiger partial charge in [-0.2, -0.15) is 0 Å². The molecule has 4 nitrogen and oxygen atoms in total. The topological polar surface area (TPSA) is 47.6 Å². The zero-order valence-corrected chi connectivity index (χ0v) is 8.85. The second kappa shape index (κ2) is 5.94. The Kier molecular flexibility index (Phi) is 5.66. The maximum atomic E-state index is 11.5. The van der Waals surface area contributed by atoms with Gasteiger partial charge in [0, 0.05) is 20.8 Å². The van der Waals surface area contributed by atoms with Crippen molar-refractivity contribution >= 4 is 5.91 Å². The van der Waals surface area contributed by atoms with Crippen molar-refractivity contribution in [1.29, 1.82) is 0 Å². The van der Waals surface area contributed by atoms with Crippen molar-refractivity contribution in [2.24, 2.45) is 0 Å². The molecule has 4 heteroatoms. The number of methoxy groups -OCH3 is 2. The minimum Gasteiger partial charge on any atom is -0.383 e. The van der Waals surface area contributed by atoms with E-state index in [1.165, 1.54) is 0 Å². The smallest absolute Gasteiger partial charge is 0.252 e. The average molecular weight is 189 g/mol. The lowest BCUT2D eigenvalue weighted by molar-refractivity contribution is -0.141. The van der Waals surface area contributed by atoms with Crippen LogP contribution < -0.4 is 5.32 Å². The molecule has 0 aliphatic carbocycles. The molecule has 1 amide bonds. The Hall–Kier alpha value is -0.610. The fourth-order valence-electron chi connectivity index (χ4n) is 0.851. The van der Waals surface area contributed by atoms with Crippen LogP contribution in [0.2, 0.25) is 0 Å². The van der Waals surface area contributed by atoms with Crippen LogP contribution in [0.4, 0.5) is 0 Å². The third kappa shape index (κ3) is 3.74. The number of carbonyl (C=O) groups is 1. The summed E-state index contributed by atoms with van der Waals surface area (Å²) in [5.74, 6) is -0.0884. The average Bonchev–Trinajstić information content (AvgIpc) is 2.17. The van der Waals surface area contributed by atoms with Gasteiger partial charge >= 0.3 is 0 Å². The highest BCUT2D eigenvalue weighted by molar-refractivity contribution is 5.84. The molecule has 0 bridgehead atoms. The molecule has 0 radical (unpaired) electrons. The van der Waals surface area contributed by atoms with Gasteiger partial charge in [-0.25, -0.2) is 0 Å². The molecule has 0 saturated heterocycles. The highest BCUT2D eigenvalue weighted by atomic mass is 16.5. The summed E-state index contributed by atoms with van der Waals surface area (Å²) in [5, 5.41) is 2.74. The molecule has 78 valence electrons. The van der Waals surface area contributed by atoms with E-state index in [0.29, 0.717) is 19.6 Å².